The second kappa shape index (κ2) is 12.6. The number of benzene rings is 4. The smallest absolute Gasteiger partial charge is 0.305 e. The minimum absolute atomic E-state index is 0.262. The molecule has 2 N–H and O–H groups in total. The number of nitrogens with one attached hydrogen (secondary N) is 2. The molecule has 3 amide bonds. The molecule has 0 bridgehead atoms. The Kier molecular flexibility index (Phi) is 8.21. The quantitative estimate of drug-likeness (QED) is 0.189. The lowest BCUT2D eigenvalue weighted by Gasteiger charge is -2.30. The van der Waals surface area contributed by atoms with Crippen molar-refractivity contribution in [2.45, 2.75) is 23.1 Å². The van der Waals surface area contributed by atoms with E-state index < -0.39 is 17.1 Å². The van der Waals surface area contributed by atoms with Gasteiger partial charge in [-0.15, -0.1) is 0 Å². The van der Waals surface area contributed by atoms with E-state index in [0.717, 1.165) is 22.1 Å². The monoisotopic (exact) mass is 667 g/mol. The fraction of sp³-hybridized carbons (Fsp3) is 0.200. The normalized spacial score (nSPS) is 18.5. The van der Waals surface area contributed by atoms with Crippen LogP contribution in [0.2, 0.25) is 0 Å². The minimum atomic E-state index is -0.763. The van der Waals surface area contributed by atoms with Gasteiger partial charge in [0.05, 0.1) is 30.3 Å². The molecule has 2 unspecified atom stereocenters. The van der Waals surface area contributed by atoms with Gasteiger partial charge < -0.3 is 24.5 Å². The second-order valence-electron chi connectivity index (χ2n) is 11.0. The first-order valence-electron chi connectivity index (χ1n) is 14.9. The van der Waals surface area contributed by atoms with Crippen molar-refractivity contribution in [3.63, 3.8) is 0 Å². The maximum absolute atomic E-state index is 14.1. The standard InChI is InChI=1S/C35H29N3O7S2/c1-3-44-26-17-20(11-16-25(26)45-18-27(39)36-24-10-6-8-19-7-4-5-9-23(19)24)28-29-31(46-32-30(28)47-35(42)37-32)34(41)38(33(29)40)21-12-14-22(43-2)15-13-21/h4-17,28-29,31H,3,18H2,1-2H3,(H,36,39)(H,37,42)/t28-,29?,31?/m1/s1. The lowest BCUT2D eigenvalue weighted by Crippen LogP contribution is -2.32. The van der Waals surface area contributed by atoms with E-state index in [1.807, 2.05) is 49.4 Å². The predicted molar refractivity (Wildman–Crippen MR) is 181 cm³/mol. The average Bonchev–Trinajstić information content (AvgIpc) is 3.58. The Morgan fingerprint density at radius 3 is 2.49 bits per heavy atom. The first-order chi connectivity index (χ1) is 22.9. The number of imide groups is 1. The van der Waals surface area contributed by atoms with Gasteiger partial charge in [-0.25, -0.2) is 4.90 Å². The zero-order chi connectivity index (χ0) is 32.7. The van der Waals surface area contributed by atoms with E-state index in [0.29, 0.717) is 50.7 Å². The summed E-state index contributed by atoms with van der Waals surface area (Å²) in [6.07, 6.45) is 0. The highest BCUT2D eigenvalue weighted by molar-refractivity contribution is 8.00. The summed E-state index contributed by atoms with van der Waals surface area (Å²) in [6, 6.07) is 25.5. The number of aromatic nitrogens is 1. The van der Waals surface area contributed by atoms with Gasteiger partial charge in [0.1, 0.15) is 11.0 Å². The van der Waals surface area contributed by atoms with Gasteiger partial charge in [-0.3, -0.25) is 19.2 Å². The maximum atomic E-state index is 14.1. The molecule has 0 aliphatic carbocycles. The van der Waals surface area contributed by atoms with Crippen LogP contribution in [0.5, 0.6) is 17.2 Å². The molecule has 2 aliphatic rings. The number of carbonyl (C=O) groups excluding carboxylic acids is 3. The van der Waals surface area contributed by atoms with Crippen LogP contribution in [0.25, 0.3) is 10.8 Å². The van der Waals surface area contributed by atoms with Gasteiger partial charge >= 0.3 is 4.87 Å². The molecule has 47 heavy (non-hydrogen) atoms. The van der Waals surface area contributed by atoms with Crippen LogP contribution in [0.1, 0.15) is 23.3 Å². The van der Waals surface area contributed by atoms with Crippen molar-refractivity contribution >= 4 is 63.0 Å². The van der Waals surface area contributed by atoms with Crippen LogP contribution in [0.3, 0.4) is 0 Å². The molecule has 12 heteroatoms. The highest BCUT2D eigenvalue weighted by Crippen LogP contribution is 2.54. The number of anilines is 2. The second-order valence-corrected chi connectivity index (χ2v) is 13.1. The Balaban J connectivity index is 1.17. The fourth-order valence-electron chi connectivity index (χ4n) is 6.13. The number of H-pyrrole nitrogens is 1. The highest BCUT2D eigenvalue weighted by Gasteiger charge is 2.56. The molecule has 0 spiro atoms. The van der Waals surface area contributed by atoms with Crippen molar-refractivity contribution in [2.24, 2.45) is 5.92 Å². The molecule has 3 atom stereocenters. The predicted octanol–water partition coefficient (Wildman–Crippen LogP) is 5.81. The maximum Gasteiger partial charge on any atom is 0.305 e. The van der Waals surface area contributed by atoms with Crippen LogP contribution < -0.4 is 29.3 Å². The molecule has 238 valence electrons. The fourth-order valence-corrected chi connectivity index (χ4v) is 8.65. The first-order valence-corrected chi connectivity index (χ1v) is 16.6. The van der Waals surface area contributed by atoms with E-state index in [1.165, 1.54) is 16.7 Å². The summed E-state index contributed by atoms with van der Waals surface area (Å²) < 4.78 is 17.1. The van der Waals surface area contributed by atoms with Gasteiger partial charge in [0.2, 0.25) is 11.8 Å². The van der Waals surface area contributed by atoms with E-state index >= 15 is 0 Å². The zero-order valence-electron chi connectivity index (χ0n) is 25.4. The number of fused-ring (bicyclic) bond motifs is 3. The van der Waals surface area contributed by atoms with Crippen LogP contribution in [-0.2, 0) is 14.4 Å². The lowest BCUT2D eigenvalue weighted by molar-refractivity contribution is -0.122. The number of ether oxygens (including phenoxy) is 3. The number of hydrogen-bond acceptors (Lipinski definition) is 9. The largest absolute Gasteiger partial charge is 0.497 e. The van der Waals surface area contributed by atoms with Crippen molar-refractivity contribution in [3.8, 4) is 17.2 Å². The molecule has 0 radical (unpaired) electrons. The number of carbonyl (C=O) groups is 3. The summed E-state index contributed by atoms with van der Waals surface area (Å²) >= 11 is 2.24. The van der Waals surface area contributed by atoms with E-state index in [-0.39, 0.29) is 29.2 Å². The van der Waals surface area contributed by atoms with Gasteiger partial charge in [0, 0.05) is 21.9 Å². The van der Waals surface area contributed by atoms with Gasteiger partial charge in [0.25, 0.3) is 5.91 Å². The molecule has 1 saturated heterocycles. The van der Waals surface area contributed by atoms with Crippen LogP contribution >= 0.6 is 23.1 Å². The van der Waals surface area contributed by atoms with Gasteiger partial charge in [-0.2, -0.15) is 0 Å². The third kappa shape index (κ3) is 5.63. The minimum Gasteiger partial charge on any atom is -0.497 e. The topological polar surface area (TPSA) is 127 Å². The number of rotatable bonds is 9. The first kappa shape index (κ1) is 30.6. The third-order valence-corrected chi connectivity index (χ3v) is 10.6. The Morgan fingerprint density at radius 1 is 0.915 bits per heavy atom. The van der Waals surface area contributed by atoms with E-state index in [9.17, 15) is 19.2 Å². The summed E-state index contributed by atoms with van der Waals surface area (Å²) in [5, 5.41) is 4.69. The number of aromatic amines is 1. The highest BCUT2D eigenvalue weighted by atomic mass is 32.2. The van der Waals surface area contributed by atoms with Crippen LogP contribution in [0.15, 0.2) is 94.7 Å². The van der Waals surface area contributed by atoms with Crippen molar-refractivity contribution in [3.05, 3.63) is 105 Å². The Morgan fingerprint density at radius 2 is 1.70 bits per heavy atom. The summed E-state index contributed by atoms with van der Waals surface area (Å²) in [4.78, 5) is 57.8. The number of methoxy groups -OCH3 is 1. The molecule has 1 aromatic heterocycles. The molecule has 4 aromatic carbocycles. The van der Waals surface area contributed by atoms with Crippen molar-refractivity contribution in [2.75, 3.05) is 30.5 Å². The van der Waals surface area contributed by atoms with Crippen LogP contribution in [0.4, 0.5) is 11.4 Å². The number of thioether (sulfide) groups is 1. The molecular formula is C35H29N3O7S2. The molecule has 3 heterocycles. The Bertz CT molecular complexity index is 2070. The number of thiazole rings is 1. The van der Waals surface area contributed by atoms with Crippen molar-refractivity contribution in [1.82, 2.24) is 4.98 Å². The summed E-state index contributed by atoms with van der Waals surface area (Å²) in [6.45, 7) is 1.89. The van der Waals surface area contributed by atoms with E-state index in [1.54, 1.807) is 49.6 Å². The lowest BCUT2D eigenvalue weighted by atomic mass is 9.83. The molecule has 0 saturated carbocycles. The summed E-state index contributed by atoms with van der Waals surface area (Å²) in [5.41, 5.74) is 1.82. The number of amides is 3. The summed E-state index contributed by atoms with van der Waals surface area (Å²) in [7, 11) is 1.55. The molecule has 7 rings (SSSR count). The average molecular weight is 668 g/mol. The molecule has 5 aromatic rings. The third-order valence-electron chi connectivity index (χ3n) is 8.20. The molecule has 1 fully saturated rings. The molecular weight excluding hydrogens is 639 g/mol. The van der Waals surface area contributed by atoms with E-state index in [4.69, 9.17) is 14.2 Å². The van der Waals surface area contributed by atoms with Crippen LogP contribution in [-0.4, -0.2) is 48.3 Å². The van der Waals surface area contributed by atoms with Gasteiger partial charge in [-0.1, -0.05) is 65.6 Å². The Hall–Kier alpha value is -5.07. The van der Waals surface area contributed by atoms with Crippen LogP contribution in [0, 0.1) is 5.92 Å². The van der Waals surface area contributed by atoms with Gasteiger partial charge in [-0.05, 0) is 60.3 Å². The van der Waals surface area contributed by atoms with Crippen molar-refractivity contribution < 1.29 is 28.6 Å². The summed E-state index contributed by atoms with van der Waals surface area (Å²) in [5.74, 6) is -1.06. The zero-order valence-corrected chi connectivity index (χ0v) is 27.0. The molecule has 10 nitrogen and oxygen atoms in total. The SMILES string of the molecule is CCOc1cc([C@H]2c3sc(=O)[nH]c3SC3C(=O)N(c4ccc(OC)cc4)C(=O)C32)ccc1OCC(=O)Nc1cccc2ccccc12. The number of hydrogen-bond donors (Lipinski definition) is 2. The van der Waals surface area contributed by atoms with Gasteiger partial charge in [0.15, 0.2) is 18.1 Å². The Labute approximate surface area is 277 Å². The number of nitrogens with zero attached hydrogens (tertiary/aromatic N) is 1. The van der Waals surface area contributed by atoms with Crippen molar-refractivity contribution in [1.29, 1.82) is 0 Å². The van der Waals surface area contributed by atoms with E-state index in [2.05, 4.69) is 10.3 Å². The molecule has 2 aliphatic heterocycles.